The molecule has 0 aliphatic carbocycles. The average Bonchev–Trinajstić information content (AvgIpc) is 1.59. The summed E-state index contributed by atoms with van der Waals surface area (Å²) in [4.78, 5) is 10.4. The minimum Gasteiger partial charge on any atom is -0.442 e. The van der Waals surface area contributed by atoms with Crippen LogP contribution in [0.15, 0.2) is 0 Å². The predicted molar refractivity (Wildman–Crippen MR) is 34.0 cm³/mol. The molecule has 1 amide bonds. The van der Waals surface area contributed by atoms with Gasteiger partial charge >= 0.3 is 6.09 Å². The van der Waals surface area contributed by atoms with Gasteiger partial charge in [0.1, 0.15) is 5.60 Å². The van der Waals surface area contributed by atoms with Crippen LogP contribution in [0.4, 0.5) is 4.79 Å². The zero-order valence-electron chi connectivity index (χ0n) is 6.21. The van der Waals surface area contributed by atoms with Crippen LogP contribution >= 0.6 is 0 Å². The van der Waals surface area contributed by atoms with Gasteiger partial charge in [-0.2, -0.15) is 5.26 Å². The zero-order chi connectivity index (χ0) is 8.20. The summed E-state index contributed by atoms with van der Waals surface area (Å²) in [5.41, 5.74) is -0.572. The largest absolute Gasteiger partial charge is 0.444 e. The molecular weight excluding hydrogens is 132 g/mol. The number of carbonyl (C=O) groups is 1. The molecule has 0 aromatic rings. The number of hydrogen-bond acceptors (Lipinski definition) is 3. The second kappa shape index (κ2) is 3.06. The summed E-state index contributed by atoms with van der Waals surface area (Å²) in [6, 6.07) is 0. The lowest BCUT2D eigenvalue weighted by molar-refractivity contribution is 0.0551. The van der Waals surface area contributed by atoms with Crippen molar-refractivity contribution >= 4 is 6.09 Å². The van der Waals surface area contributed by atoms with Gasteiger partial charge < -0.3 is 4.74 Å². The van der Waals surface area contributed by atoms with Crippen LogP contribution in [-0.2, 0) is 4.74 Å². The Bertz CT molecular complexity index is 164. The quantitative estimate of drug-likeness (QED) is 0.473. The van der Waals surface area contributed by atoms with Gasteiger partial charge in [0.25, 0.3) is 0 Å². The monoisotopic (exact) mass is 141 g/mol. The molecule has 0 aliphatic rings. The molecule has 0 aliphatic heterocycles. The Balaban J connectivity index is 3.72. The molecule has 0 saturated heterocycles. The molecule has 0 saturated carbocycles. The van der Waals surface area contributed by atoms with Gasteiger partial charge in [0.05, 0.1) is 0 Å². The lowest BCUT2D eigenvalue weighted by Crippen LogP contribution is -2.26. The van der Waals surface area contributed by atoms with Crippen LogP contribution in [0.2, 0.25) is 0 Å². The first-order chi connectivity index (χ1) is 4.45. The molecule has 0 spiro atoms. The molecular formula is C6H9N2O2. The first kappa shape index (κ1) is 8.76. The van der Waals surface area contributed by atoms with Gasteiger partial charge in [-0.1, -0.05) is 5.32 Å². The van der Waals surface area contributed by atoms with Crippen molar-refractivity contribution in [3.63, 3.8) is 0 Å². The van der Waals surface area contributed by atoms with E-state index in [1.54, 1.807) is 20.8 Å². The molecule has 0 heterocycles. The Morgan fingerprint density at radius 1 is 1.60 bits per heavy atom. The fourth-order valence-corrected chi connectivity index (χ4v) is 0.326. The fraction of sp³-hybridized carbons (Fsp3) is 0.667. The summed E-state index contributed by atoms with van der Waals surface area (Å²) < 4.78 is 4.65. The number of amides is 1. The van der Waals surface area contributed by atoms with Crippen molar-refractivity contribution in [1.82, 2.24) is 5.32 Å². The molecule has 0 aromatic heterocycles. The normalized spacial score (nSPS) is 9.80. The number of nitrogens with zero attached hydrogens (tertiary/aromatic N) is 2. The molecule has 0 rings (SSSR count). The van der Waals surface area contributed by atoms with Crippen molar-refractivity contribution in [2.24, 2.45) is 0 Å². The van der Waals surface area contributed by atoms with Gasteiger partial charge in [-0.25, -0.2) is 4.79 Å². The maximum Gasteiger partial charge on any atom is 0.444 e. The van der Waals surface area contributed by atoms with Crippen molar-refractivity contribution in [3.8, 4) is 6.19 Å². The Labute approximate surface area is 59.8 Å². The highest BCUT2D eigenvalue weighted by atomic mass is 16.6. The third kappa shape index (κ3) is 4.91. The molecule has 0 bridgehead atoms. The summed E-state index contributed by atoms with van der Waals surface area (Å²) in [6.07, 6.45) is 0.503. The Kier molecular flexibility index (Phi) is 2.68. The van der Waals surface area contributed by atoms with Crippen LogP contribution < -0.4 is 5.32 Å². The molecule has 0 N–H and O–H groups in total. The Morgan fingerprint density at radius 3 is 2.40 bits per heavy atom. The van der Waals surface area contributed by atoms with E-state index in [2.05, 4.69) is 10.1 Å². The lowest BCUT2D eigenvalue weighted by atomic mass is 10.2. The Morgan fingerprint density at radius 2 is 2.10 bits per heavy atom. The number of rotatable bonds is 0. The van der Waals surface area contributed by atoms with Crippen LogP contribution in [-0.4, -0.2) is 11.7 Å². The van der Waals surface area contributed by atoms with E-state index in [0.717, 1.165) is 0 Å². The maximum absolute atomic E-state index is 10.4. The van der Waals surface area contributed by atoms with E-state index in [-0.39, 0.29) is 0 Å². The highest BCUT2D eigenvalue weighted by molar-refractivity contribution is 5.68. The molecule has 0 fully saturated rings. The van der Waals surface area contributed by atoms with E-state index in [1.165, 1.54) is 6.19 Å². The van der Waals surface area contributed by atoms with Gasteiger partial charge in [-0.15, -0.1) is 0 Å². The molecule has 55 valence electrons. The third-order valence-corrected chi connectivity index (χ3v) is 0.535. The summed E-state index contributed by atoms with van der Waals surface area (Å²) in [6.45, 7) is 5.12. The average molecular weight is 141 g/mol. The van der Waals surface area contributed by atoms with E-state index < -0.39 is 11.7 Å². The summed E-state index contributed by atoms with van der Waals surface area (Å²) in [7, 11) is 0. The van der Waals surface area contributed by atoms with Crippen molar-refractivity contribution in [3.05, 3.63) is 0 Å². The highest BCUT2D eigenvalue weighted by Gasteiger charge is 2.16. The van der Waals surface area contributed by atoms with Crippen molar-refractivity contribution in [2.45, 2.75) is 26.4 Å². The zero-order valence-corrected chi connectivity index (χ0v) is 6.21. The summed E-state index contributed by atoms with van der Waals surface area (Å²) in [5, 5.41) is 10.8. The number of nitriles is 1. The second-order valence-electron chi connectivity index (χ2n) is 2.69. The molecule has 0 aromatic carbocycles. The molecule has 0 atom stereocenters. The van der Waals surface area contributed by atoms with Crippen LogP contribution in [0.25, 0.3) is 0 Å². The summed E-state index contributed by atoms with van der Waals surface area (Å²) in [5.74, 6) is 0. The van der Waals surface area contributed by atoms with Crippen LogP contribution in [0.3, 0.4) is 0 Å². The molecule has 4 heteroatoms. The van der Waals surface area contributed by atoms with Crippen LogP contribution in [0.5, 0.6) is 0 Å². The number of ether oxygens (including phenoxy) is 1. The van der Waals surface area contributed by atoms with E-state index in [4.69, 9.17) is 5.26 Å². The minimum absolute atomic E-state index is 0.572. The van der Waals surface area contributed by atoms with Crippen molar-refractivity contribution in [1.29, 1.82) is 5.26 Å². The van der Waals surface area contributed by atoms with Crippen LogP contribution in [0, 0.1) is 11.5 Å². The SMILES string of the molecule is CC(C)(C)OC(=O)[N]C#N. The van der Waals surface area contributed by atoms with E-state index in [0.29, 0.717) is 0 Å². The fourth-order valence-electron chi connectivity index (χ4n) is 0.326. The van der Waals surface area contributed by atoms with Gasteiger partial charge in [0, 0.05) is 0 Å². The highest BCUT2D eigenvalue weighted by Crippen LogP contribution is 2.06. The molecule has 10 heavy (non-hydrogen) atoms. The third-order valence-electron chi connectivity index (χ3n) is 0.535. The number of carbonyl (C=O) groups excluding carboxylic acids is 1. The van der Waals surface area contributed by atoms with Gasteiger partial charge in [-0.3, -0.25) is 0 Å². The van der Waals surface area contributed by atoms with Gasteiger partial charge in [0.15, 0.2) is 0 Å². The van der Waals surface area contributed by atoms with Crippen molar-refractivity contribution in [2.75, 3.05) is 0 Å². The van der Waals surface area contributed by atoms with Crippen LogP contribution in [0.1, 0.15) is 20.8 Å². The van der Waals surface area contributed by atoms with Gasteiger partial charge in [0.2, 0.25) is 6.19 Å². The predicted octanol–water partition coefficient (Wildman–Crippen LogP) is 1.01. The first-order valence-corrected chi connectivity index (χ1v) is 2.78. The second-order valence-corrected chi connectivity index (χ2v) is 2.69. The first-order valence-electron chi connectivity index (χ1n) is 2.78. The Hall–Kier alpha value is -1.24. The molecule has 0 unspecified atom stereocenters. The van der Waals surface area contributed by atoms with E-state index >= 15 is 0 Å². The topological polar surface area (TPSA) is 64.2 Å². The van der Waals surface area contributed by atoms with Crippen molar-refractivity contribution < 1.29 is 9.53 Å². The van der Waals surface area contributed by atoms with E-state index in [9.17, 15) is 4.79 Å². The van der Waals surface area contributed by atoms with Gasteiger partial charge in [-0.05, 0) is 20.8 Å². The summed E-state index contributed by atoms with van der Waals surface area (Å²) >= 11 is 0. The smallest absolute Gasteiger partial charge is 0.442 e. The van der Waals surface area contributed by atoms with E-state index in [1.807, 2.05) is 0 Å². The molecule has 4 nitrogen and oxygen atoms in total. The maximum atomic E-state index is 10.4. The number of hydrogen-bond donors (Lipinski definition) is 0. The molecule has 1 radical (unpaired) electrons. The lowest BCUT2D eigenvalue weighted by Gasteiger charge is -2.16. The minimum atomic E-state index is -0.838. The standard InChI is InChI=1S/C6H9N2O2/c1-6(2,3)10-5(9)8-4-7/h1-3H3.